The van der Waals surface area contributed by atoms with Gasteiger partial charge in [-0.1, -0.05) is 177 Å². The molecule has 50 heavy (non-hydrogen) atoms. The van der Waals surface area contributed by atoms with E-state index in [1.54, 1.807) is 34.7 Å². The van der Waals surface area contributed by atoms with Crippen LogP contribution in [0.4, 0.5) is 0 Å². The predicted molar refractivity (Wildman–Crippen MR) is 239 cm³/mol. The minimum Gasteiger partial charge on any atom is -0.139 e. The summed E-state index contributed by atoms with van der Waals surface area (Å²) < 4.78 is 2.00. The Morgan fingerprint density at radius 1 is 0.480 bits per heavy atom. The Morgan fingerprint density at radius 3 is 1.52 bits per heavy atom. The van der Waals surface area contributed by atoms with Gasteiger partial charge in [-0.15, -0.1) is 22.7 Å². The fourth-order valence-electron chi connectivity index (χ4n) is 7.47. The lowest BCUT2D eigenvalue weighted by molar-refractivity contribution is 0.556. The largest absolute Gasteiger partial charge is 0.139 e. The van der Waals surface area contributed by atoms with E-state index in [1.165, 1.54) is 192 Å². The summed E-state index contributed by atoms with van der Waals surface area (Å²) in [5, 5.41) is 2.57. The van der Waals surface area contributed by atoms with Crippen molar-refractivity contribution in [2.45, 2.75) is 169 Å². The first-order valence-corrected chi connectivity index (χ1v) is 24.1. The molecule has 0 saturated carbocycles. The normalized spacial score (nSPS) is 14.0. The molecule has 0 N–H and O–H groups in total. The molecule has 2 aromatic heterocycles. The van der Waals surface area contributed by atoms with Crippen LogP contribution in [0.2, 0.25) is 0 Å². The van der Waals surface area contributed by atoms with E-state index in [-0.39, 0.29) is 0 Å². The summed E-state index contributed by atoms with van der Waals surface area (Å²) in [6.07, 6.45) is 30.1. The molecule has 0 atom stereocenters. The molecule has 0 spiro atoms. The summed E-state index contributed by atoms with van der Waals surface area (Å²) in [5.41, 5.74) is 5.56. The van der Waals surface area contributed by atoms with Crippen molar-refractivity contribution in [3.05, 3.63) is 66.7 Å². The monoisotopic (exact) mass is 780 g/mol. The molecule has 0 saturated heterocycles. The van der Waals surface area contributed by atoms with Gasteiger partial charge < -0.3 is 0 Å². The number of hydrogen-bond acceptors (Lipinski definition) is 6. The third kappa shape index (κ3) is 11.1. The van der Waals surface area contributed by atoms with Crippen molar-refractivity contribution >= 4 is 88.8 Å². The molecule has 0 bridgehead atoms. The number of thioether (sulfide) groups is 2. The Morgan fingerprint density at radius 2 is 0.940 bits per heavy atom. The second kappa shape index (κ2) is 21.2. The van der Waals surface area contributed by atoms with Crippen molar-refractivity contribution in [1.29, 1.82) is 0 Å². The molecular formula is C44H60S6. The van der Waals surface area contributed by atoms with E-state index in [1.807, 2.05) is 22.7 Å². The number of unbranched alkanes of at least 4 members (excludes halogenated alkanes) is 18. The number of rotatable bonds is 24. The van der Waals surface area contributed by atoms with Crippen LogP contribution >= 0.6 is 70.6 Å². The Hall–Kier alpha value is -0.760. The van der Waals surface area contributed by atoms with Crippen molar-refractivity contribution in [2.75, 3.05) is 0 Å². The van der Waals surface area contributed by atoms with Gasteiger partial charge in [0.05, 0.1) is 8.39 Å². The van der Waals surface area contributed by atoms with E-state index < -0.39 is 0 Å². The minimum atomic E-state index is 1.000. The first-order valence-electron chi connectivity index (χ1n) is 20.0. The van der Waals surface area contributed by atoms with E-state index in [2.05, 4.69) is 52.0 Å². The molecule has 4 heterocycles. The molecule has 272 valence electrons. The number of hydrogen-bond donors (Lipinski definition) is 0. The first-order chi connectivity index (χ1) is 24.4. The second-order valence-corrected chi connectivity index (χ2v) is 20.5. The maximum atomic E-state index is 5.99. The summed E-state index contributed by atoms with van der Waals surface area (Å²) in [6, 6.07) is 9.75. The quantitative estimate of drug-likeness (QED) is 0.0655. The number of aryl methyl sites for hydroxylation is 3. The smallest absolute Gasteiger partial charge is 0.0833 e. The van der Waals surface area contributed by atoms with Crippen molar-refractivity contribution in [3.63, 3.8) is 0 Å². The van der Waals surface area contributed by atoms with Gasteiger partial charge in [0, 0.05) is 35.5 Å². The maximum Gasteiger partial charge on any atom is 0.0833 e. The molecule has 0 radical (unpaired) electrons. The van der Waals surface area contributed by atoms with Crippen molar-refractivity contribution in [1.82, 2.24) is 0 Å². The number of benzene rings is 1. The van der Waals surface area contributed by atoms with Crippen molar-refractivity contribution < 1.29 is 0 Å². The van der Waals surface area contributed by atoms with Gasteiger partial charge in [-0.05, 0) is 90.3 Å². The lowest BCUT2D eigenvalue weighted by Crippen LogP contribution is -2.19. The summed E-state index contributed by atoms with van der Waals surface area (Å²) in [7, 11) is 0. The van der Waals surface area contributed by atoms with Crippen LogP contribution in [-0.4, -0.2) is 8.39 Å². The van der Waals surface area contributed by atoms with E-state index in [0.717, 1.165) is 8.39 Å². The SMILES string of the molecule is CCCCCCCCCCCCc1cc(-c2sc(C3=c4cc5c(cc4C(=S)S3)=C(C)SC5=S)cc2CCCCCCCCCCCC)sc1C. The first kappa shape index (κ1) is 40.4. The van der Waals surface area contributed by atoms with Gasteiger partial charge >= 0.3 is 0 Å². The zero-order valence-corrected chi connectivity index (χ0v) is 36.2. The highest BCUT2D eigenvalue weighted by atomic mass is 32.2. The fraction of sp³-hybridized carbons (Fsp3) is 0.591. The second-order valence-electron chi connectivity index (χ2n) is 14.6. The highest BCUT2D eigenvalue weighted by molar-refractivity contribution is 8.30. The van der Waals surface area contributed by atoms with Gasteiger partial charge in [0.15, 0.2) is 0 Å². The lowest BCUT2D eigenvalue weighted by Gasteiger charge is -2.04. The molecular weight excluding hydrogens is 721 g/mol. The van der Waals surface area contributed by atoms with E-state index >= 15 is 0 Å². The standard InChI is InChI=1S/C44H60S6/c1-5-7-9-11-13-15-17-19-21-23-25-33-27-39(47-31(33)3)41-34(26-24-22-20-18-16-14-12-10-8-6-2)28-40(49-41)42-36-30-37-35(32(4)48-43(37)45)29-38(36)44(46)50-42/h27-30H,5-26H2,1-4H3. The minimum absolute atomic E-state index is 1.000. The molecule has 0 nitrogen and oxygen atoms in total. The Labute approximate surface area is 331 Å². The third-order valence-corrected chi connectivity index (χ3v) is 16.1. The number of thiophene rings is 2. The molecule has 1 aromatic carbocycles. The van der Waals surface area contributed by atoms with Gasteiger partial charge in [0.25, 0.3) is 0 Å². The fourth-order valence-corrected chi connectivity index (χ4v) is 12.8. The highest BCUT2D eigenvalue weighted by Crippen LogP contribution is 2.45. The molecule has 0 unspecified atom stereocenters. The predicted octanol–water partition coefficient (Wildman–Crippen LogP) is 14.8. The lowest BCUT2D eigenvalue weighted by atomic mass is 10.0. The average molecular weight is 781 g/mol. The van der Waals surface area contributed by atoms with E-state index in [9.17, 15) is 0 Å². The summed E-state index contributed by atoms with van der Waals surface area (Å²) in [4.78, 5) is 8.51. The summed E-state index contributed by atoms with van der Waals surface area (Å²) >= 11 is 19.3. The molecule has 2 aliphatic rings. The summed E-state index contributed by atoms with van der Waals surface area (Å²) in [5.74, 6) is 0. The van der Waals surface area contributed by atoms with Crippen LogP contribution in [0.25, 0.3) is 19.6 Å². The van der Waals surface area contributed by atoms with Crippen LogP contribution in [0.15, 0.2) is 24.3 Å². The van der Waals surface area contributed by atoms with Crippen LogP contribution in [0, 0.1) is 6.92 Å². The van der Waals surface area contributed by atoms with Crippen LogP contribution < -0.4 is 10.4 Å². The Bertz CT molecular complexity index is 1700. The molecule has 0 fully saturated rings. The zero-order valence-electron chi connectivity index (χ0n) is 31.3. The van der Waals surface area contributed by atoms with Crippen LogP contribution in [0.1, 0.15) is 181 Å². The van der Waals surface area contributed by atoms with E-state index in [0.29, 0.717) is 0 Å². The van der Waals surface area contributed by atoms with Crippen LogP contribution in [0.5, 0.6) is 0 Å². The number of fused-ring (bicyclic) bond motifs is 2. The van der Waals surface area contributed by atoms with Crippen molar-refractivity contribution in [2.24, 2.45) is 0 Å². The maximum absolute atomic E-state index is 5.99. The molecule has 6 heteroatoms. The Balaban J connectivity index is 1.28. The van der Waals surface area contributed by atoms with Crippen LogP contribution in [0.3, 0.4) is 0 Å². The van der Waals surface area contributed by atoms with Crippen molar-refractivity contribution in [3.8, 4) is 9.75 Å². The van der Waals surface area contributed by atoms with Gasteiger partial charge in [0.1, 0.15) is 0 Å². The van der Waals surface area contributed by atoms with E-state index in [4.69, 9.17) is 24.4 Å². The average Bonchev–Trinajstić information content (AvgIpc) is 3.85. The zero-order chi connectivity index (χ0) is 35.3. The van der Waals surface area contributed by atoms with Gasteiger partial charge in [-0.3, -0.25) is 0 Å². The van der Waals surface area contributed by atoms with Gasteiger partial charge in [0.2, 0.25) is 0 Å². The number of thiocarbonyl (C=S) groups is 2. The van der Waals surface area contributed by atoms with Gasteiger partial charge in [-0.2, -0.15) is 0 Å². The third-order valence-electron chi connectivity index (χ3n) is 10.5. The van der Waals surface area contributed by atoms with Crippen LogP contribution in [-0.2, 0) is 12.8 Å². The molecule has 0 amide bonds. The Kier molecular flexibility index (Phi) is 17.2. The molecule has 3 aromatic rings. The summed E-state index contributed by atoms with van der Waals surface area (Å²) in [6.45, 7) is 9.15. The topological polar surface area (TPSA) is 0 Å². The molecule has 0 aliphatic carbocycles. The highest BCUT2D eigenvalue weighted by Gasteiger charge is 2.26. The molecule has 2 aliphatic heterocycles. The molecule has 5 rings (SSSR count). The van der Waals surface area contributed by atoms with Gasteiger partial charge in [-0.25, -0.2) is 0 Å².